The first kappa shape index (κ1) is 21.7. The van der Waals surface area contributed by atoms with Crippen LogP contribution in [-0.2, 0) is 0 Å². The Morgan fingerprint density at radius 2 is 2.00 bits per heavy atom. The van der Waals surface area contributed by atoms with Gasteiger partial charge in [0.1, 0.15) is 11.5 Å². The summed E-state index contributed by atoms with van der Waals surface area (Å²) in [6.07, 6.45) is 1.65. The Balaban J connectivity index is 1.80. The lowest BCUT2D eigenvalue weighted by Crippen LogP contribution is -2.18. The molecule has 4 rings (SSSR count). The highest BCUT2D eigenvalue weighted by Gasteiger charge is 2.28. The van der Waals surface area contributed by atoms with Crippen molar-refractivity contribution in [3.05, 3.63) is 46.4 Å². The Kier molecular flexibility index (Phi) is 6.82. The average molecular weight is 503 g/mol. The van der Waals surface area contributed by atoms with Gasteiger partial charge < -0.3 is 19.5 Å². The van der Waals surface area contributed by atoms with Crippen molar-refractivity contribution in [3.63, 3.8) is 0 Å². The van der Waals surface area contributed by atoms with E-state index < -0.39 is 6.23 Å². The van der Waals surface area contributed by atoms with Crippen LogP contribution in [0.2, 0.25) is 0 Å². The summed E-state index contributed by atoms with van der Waals surface area (Å²) in [5.41, 5.74) is 3.11. The summed E-state index contributed by atoms with van der Waals surface area (Å²) >= 11 is 5.13. The Hall–Kier alpha value is -2.52. The van der Waals surface area contributed by atoms with E-state index in [1.165, 1.54) is 0 Å². The molecule has 0 radical (unpaired) electrons. The number of ether oxygens (including phenoxy) is 3. The quantitative estimate of drug-likeness (QED) is 0.324. The molecular formula is C22H23BrN4O3S. The van der Waals surface area contributed by atoms with E-state index in [1.807, 2.05) is 36.4 Å². The summed E-state index contributed by atoms with van der Waals surface area (Å²) in [5, 5.41) is 12.9. The van der Waals surface area contributed by atoms with E-state index in [1.54, 1.807) is 26.0 Å². The van der Waals surface area contributed by atoms with Crippen LogP contribution in [0.25, 0.3) is 11.3 Å². The minimum Gasteiger partial charge on any atom is -0.497 e. The van der Waals surface area contributed by atoms with Gasteiger partial charge in [-0.3, -0.25) is 0 Å². The molecule has 2 aromatic carbocycles. The van der Waals surface area contributed by atoms with Crippen LogP contribution in [0, 0.1) is 0 Å². The highest BCUT2D eigenvalue weighted by Crippen LogP contribution is 2.42. The SMILES string of the molecule is CCCCSc1nnc2c(n1)O[C@@H](c1cc(OC)ccc1OC)Nc1ccc(Br)cc1-2. The van der Waals surface area contributed by atoms with Crippen molar-refractivity contribution in [1.82, 2.24) is 15.2 Å². The predicted molar refractivity (Wildman–Crippen MR) is 125 cm³/mol. The Morgan fingerprint density at radius 1 is 1.13 bits per heavy atom. The van der Waals surface area contributed by atoms with Crippen molar-refractivity contribution in [2.75, 3.05) is 25.3 Å². The number of hydrogen-bond donors (Lipinski definition) is 1. The van der Waals surface area contributed by atoms with Crippen LogP contribution in [0.5, 0.6) is 17.4 Å². The van der Waals surface area contributed by atoms with Gasteiger partial charge in [0.2, 0.25) is 17.3 Å². The fourth-order valence-corrected chi connectivity index (χ4v) is 4.45. The largest absolute Gasteiger partial charge is 0.497 e. The number of aromatic nitrogens is 3. The molecule has 0 saturated carbocycles. The zero-order valence-electron chi connectivity index (χ0n) is 17.5. The molecule has 2 heterocycles. The fourth-order valence-electron chi connectivity index (χ4n) is 3.22. The molecule has 0 saturated heterocycles. The van der Waals surface area contributed by atoms with Gasteiger partial charge in [0.05, 0.1) is 19.8 Å². The van der Waals surface area contributed by atoms with E-state index in [2.05, 4.69) is 43.4 Å². The molecule has 0 unspecified atom stereocenters. The van der Waals surface area contributed by atoms with E-state index in [0.717, 1.165) is 39.9 Å². The zero-order chi connectivity index (χ0) is 21.8. The highest BCUT2D eigenvalue weighted by molar-refractivity contribution is 9.10. The number of halogens is 1. The topological polar surface area (TPSA) is 78.4 Å². The van der Waals surface area contributed by atoms with Crippen LogP contribution in [0.15, 0.2) is 46.0 Å². The number of methoxy groups -OCH3 is 2. The fraction of sp³-hybridized carbons (Fsp3) is 0.318. The maximum Gasteiger partial charge on any atom is 0.247 e. The first-order chi connectivity index (χ1) is 15.1. The lowest BCUT2D eigenvalue weighted by Gasteiger charge is -2.22. The Bertz CT molecular complexity index is 1080. The van der Waals surface area contributed by atoms with Gasteiger partial charge >= 0.3 is 0 Å². The molecule has 1 N–H and O–H groups in total. The Morgan fingerprint density at radius 3 is 2.77 bits per heavy atom. The van der Waals surface area contributed by atoms with Crippen molar-refractivity contribution in [2.45, 2.75) is 31.1 Å². The molecule has 0 amide bonds. The molecule has 31 heavy (non-hydrogen) atoms. The lowest BCUT2D eigenvalue weighted by molar-refractivity contribution is 0.219. The van der Waals surface area contributed by atoms with E-state index in [9.17, 15) is 0 Å². The van der Waals surface area contributed by atoms with Gasteiger partial charge in [-0.05, 0) is 42.8 Å². The van der Waals surface area contributed by atoms with Crippen LogP contribution in [0.4, 0.5) is 5.69 Å². The minimum atomic E-state index is -0.559. The van der Waals surface area contributed by atoms with E-state index >= 15 is 0 Å². The molecule has 0 fully saturated rings. The van der Waals surface area contributed by atoms with Gasteiger partial charge in [0.25, 0.3) is 0 Å². The van der Waals surface area contributed by atoms with Crippen molar-refractivity contribution in [1.29, 1.82) is 0 Å². The zero-order valence-corrected chi connectivity index (χ0v) is 19.9. The first-order valence-corrected chi connectivity index (χ1v) is 11.7. The maximum absolute atomic E-state index is 6.37. The summed E-state index contributed by atoms with van der Waals surface area (Å²) in [6.45, 7) is 2.16. The summed E-state index contributed by atoms with van der Waals surface area (Å²) in [6, 6.07) is 11.5. The summed E-state index contributed by atoms with van der Waals surface area (Å²) < 4.78 is 18.3. The summed E-state index contributed by atoms with van der Waals surface area (Å²) in [4.78, 5) is 4.69. The molecule has 0 bridgehead atoms. The molecule has 3 aromatic rings. The number of nitrogens with one attached hydrogen (secondary N) is 1. The number of benzene rings is 2. The molecule has 1 aliphatic heterocycles. The molecule has 9 heteroatoms. The number of rotatable bonds is 7. The Labute approximate surface area is 194 Å². The molecular weight excluding hydrogens is 480 g/mol. The summed E-state index contributed by atoms with van der Waals surface area (Å²) in [5.74, 6) is 2.75. The van der Waals surface area contributed by atoms with Crippen LogP contribution in [0.3, 0.4) is 0 Å². The monoisotopic (exact) mass is 502 g/mol. The van der Waals surface area contributed by atoms with Crippen molar-refractivity contribution >= 4 is 33.4 Å². The number of fused-ring (bicyclic) bond motifs is 3. The predicted octanol–water partition coefficient (Wildman–Crippen LogP) is 5.71. The standard InChI is InChI=1S/C22H23BrN4O3S/c1-4-5-10-31-22-25-21-19(26-27-22)15-11-13(23)6-8-17(15)24-20(30-21)16-12-14(28-2)7-9-18(16)29-3/h6-9,11-12,20,24H,4-5,10H2,1-3H3/t20-/m0/s1. The number of unbranched alkanes of at least 4 members (excludes halogenated alkanes) is 1. The maximum atomic E-state index is 6.37. The third kappa shape index (κ3) is 4.72. The molecule has 7 nitrogen and oxygen atoms in total. The van der Waals surface area contributed by atoms with Gasteiger partial charge in [-0.1, -0.05) is 41.0 Å². The second-order valence-corrected chi connectivity index (χ2v) is 8.87. The average Bonchev–Trinajstić information content (AvgIpc) is 2.95. The van der Waals surface area contributed by atoms with Gasteiger partial charge in [-0.2, -0.15) is 4.98 Å². The molecule has 0 spiro atoms. The highest BCUT2D eigenvalue weighted by atomic mass is 79.9. The number of hydrogen-bond acceptors (Lipinski definition) is 8. The minimum absolute atomic E-state index is 0.424. The van der Waals surface area contributed by atoms with Crippen LogP contribution >= 0.6 is 27.7 Å². The van der Waals surface area contributed by atoms with Crippen LogP contribution < -0.4 is 19.5 Å². The number of anilines is 1. The van der Waals surface area contributed by atoms with E-state index in [4.69, 9.17) is 14.2 Å². The third-order valence-corrected chi connectivity index (χ3v) is 6.25. The molecule has 1 aliphatic rings. The van der Waals surface area contributed by atoms with Gasteiger partial charge in [0, 0.05) is 21.5 Å². The van der Waals surface area contributed by atoms with Gasteiger partial charge in [0.15, 0.2) is 5.69 Å². The second-order valence-electron chi connectivity index (χ2n) is 6.89. The normalized spacial score (nSPS) is 14.5. The third-order valence-electron chi connectivity index (χ3n) is 4.84. The number of nitrogens with zero attached hydrogens (tertiary/aromatic N) is 3. The van der Waals surface area contributed by atoms with Crippen LogP contribution in [0.1, 0.15) is 31.6 Å². The molecule has 1 aromatic heterocycles. The lowest BCUT2D eigenvalue weighted by atomic mass is 10.1. The number of thioether (sulfide) groups is 1. The van der Waals surface area contributed by atoms with Crippen LogP contribution in [-0.4, -0.2) is 35.2 Å². The second kappa shape index (κ2) is 9.74. The van der Waals surface area contributed by atoms with Gasteiger partial charge in [-0.15, -0.1) is 10.2 Å². The van der Waals surface area contributed by atoms with Crippen molar-refractivity contribution in [3.8, 4) is 28.6 Å². The molecule has 162 valence electrons. The van der Waals surface area contributed by atoms with Crippen molar-refractivity contribution < 1.29 is 14.2 Å². The molecule has 0 aliphatic carbocycles. The summed E-state index contributed by atoms with van der Waals surface area (Å²) in [7, 11) is 3.26. The first-order valence-electron chi connectivity index (χ1n) is 9.95. The molecule has 1 atom stereocenters. The van der Waals surface area contributed by atoms with E-state index in [0.29, 0.717) is 28.2 Å². The van der Waals surface area contributed by atoms with E-state index in [-0.39, 0.29) is 0 Å². The smallest absolute Gasteiger partial charge is 0.247 e. The van der Waals surface area contributed by atoms with Crippen molar-refractivity contribution in [2.24, 2.45) is 0 Å². The van der Waals surface area contributed by atoms with Gasteiger partial charge in [-0.25, -0.2) is 0 Å².